The maximum Gasteiger partial charge on any atom is 0.0599 e. The minimum absolute atomic E-state index is 0.583. The third kappa shape index (κ3) is 2.19. The Labute approximate surface area is 86.7 Å². The first kappa shape index (κ1) is 10.9. The molecule has 0 unspecified atom stereocenters. The van der Waals surface area contributed by atoms with E-state index in [1.807, 2.05) is 18.2 Å². The van der Waals surface area contributed by atoms with Crippen molar-refractivity contribution in [3.05, 3.63) is 24.3 Å². The van der Waals surface area contributed by atoms with Gasteiger partial charge in [0.2, 0.25) is 0 Å². The summed E-state index contributed by atoms with van der Waals surface area (Å²) in [6.07, 6.45) is 2.31. The van der Waals surface area contributed by atoms with Crippen molar-refractivity contribution in [1.29, 1.82) is 0 Å². The van der Waals surface area contributed by atoms with Crippen LogP contribution < -0.4 is 10.6 Å². The smallest absolute Gasteiger partial charge is 0.0599 e. The van der Waals surface area contributed by atoms with Gasteiger partial charge in [0.05, 0.1) is 11.4 Å². The molecule has 0 amide bonds. The normalized spacial score (nSPS) is 10.6. The summed E-state index contributed by atoms with van der Waals surface area (Å²) >= 11 is 0. The Hall–Kier alpha value is -1.18. The van der Waals surface area contributed by atoms with Gasteiger partial charge in [-0.05, 0) is 25.0 Å². The van der Waals surface area contributed by atoms with Crippen LogP contribution in [-0.4, -0.2) is 13.1 Å². The summed E-state index contributed by atoms with van der Waals surface area (Å²) in [6.45, 7) is 4.42. The largest absolute Gasteiger partial charge is 0.397 e. The van der Waals surface area contributed by atoms with E-state index in [1.54, 1.807) is 0 Å². The zero-order valence-corrected chi connectivity index (χ0v) is 9.33. The van der Waals surface area contributed by atoms with Crippen molar-refractivity contribution in [2.45, 2.75) is 32.7 Å². The molecular formula is C12H20N2. The number of nitrogens with zero attached hydrogens (tertiary/aromatic N) is 1. The summed E-state index contributed by atoms with van der Waals surface area (Å²) in [5.74, 6) is 0. The Morgan fingerprint density at radius 1 is 1.21 bits per heavy atom. The lowest BCUT2D eigenvalue weighted by Crippen LogP contribution is -2.30. The molecule has 2 N–H and O–H groups in total. The lowest BCUT2D eigenvalue weighted by Gasteiger charge is -2.29. The molecule has 0 saturated heterocycles. The topological polar surface area (TPSA) is 29.3 Å². The number of hydrogen-bond acceptors (Lipinski definition) is 2. The first-order valence-corrected chi connectivity index (χ1v) is 5.28. The Morgan fingerprint density at radius 3 is 2.29 bits per heavy atom. The zero-order valence-electron chi connectivity index (χ0n) is 9.33. The van der Waals surface area contributed by atoms with Crippen LogP contribution >= 0.6 is 0 Å². The Bertz CT molecular complexity index is 279. The number of rotatable bonds is 4. The lowest BCUT2D eigenvalue weighted by molar-refractivity contribution is 0.592. The molecule has 78 valence electrons. The van der Waals surface area contributed by atoms with Gasteiger partial charge >= 0.3 is 0 Å². The van der Waals surface area contributed by atoms with Crippen LogP contribution in [0.4, 0.5) is 11.4 Å². The quantitative estimate of drug-likeness (QED) is 0.743. The molecule has 14 heavy (non-hydrogen) atoms. The molecule has 0 radical (unpaired) electrons. The van der Waals surface area contributed by atoms with Crippen LogP contribution in [0.15, 0.2) is 24.3 Å². The van der Waals surface area contributed by atoms with Gasteiger partial charge in [-0.2, -0.15) is 0 Å². The highest BCUT2D eigenvalue weighted by Crippen LogP contribution is 2.24. The molecule has 0 aromatic heterocycles. The molecule has 1 aromatic rings. The van der Waals surface area contributed by atoms with Gasteiger partial charge in [0.15, 0.2) is 0 Å². The highest BCUT2D eigenvalue weighted by molar-refractivity contribution is 5.67. The second-order valence-electron chi connectivity index (χ2n) is 3.64. The summed E-state index contributed by atoms with van der Waals surface area (Å²) in [6, 6.07) is 8.62. The maximum atomic E-state index is 5.93. The average Bonchev–Trinajstić information content (AvgIpc) is 2.20. The molecule has 0 spiro atoms. The standard InChI is InChI=1S/C12H20N2/c1-4-10(5-2)14(3)12-9-7-6-8-11(12)13/h6-10H,4-5,13H2,1-3H3. The van der Waals surface area contributed by atoms with E-state index in [4.69, 9.17) is 5.73 Å². The third-order valence-electron chi connectivity index (χ3n) is 2.81. The fourth-order valence-electron chi connectivity index (χ4n) is 1.84. The Balaban J connectivity index is 2.88. The van der Waals surface area contributed by atoms with Crippen LogP contribution in [0.3, 0.4) is 0 Å². The number of nitrogens with two attached hydrogens (primary N) is 1. The average molecular weight is 192 g/mol. The third-order valence-corrected chi connectivity index (χ3v) is 2.81. The van der Waals surface area contributed by atoms with Crippen LogP contribution in [0.1, 0.15) is 26.7 Å². The van der Waals surface area contributed by atoms with E-state index in [-0.39, 0.29) is 0 Å². The maximum absolute atomic E-state index is 5.93. The van der Waals surface area contributed by atoms with Gasteiger partial charge in [-0.25, -0.2) is 0 Å². The fourth-order valence-corrected chi connectivity index (χ4v) is 1.84. The molecule has 0 aliphatic rings. The number of anilines is 2. The minimum Gasteiger partial charge on any atom is -0.397 e. The summed E-state index contributed by atoms with van der Waals surface area (Å²) < 4.78 is 0. The molecule has 2 heteroatoms. The van der Waals surface area contributed by atoms with Crippen molar-refractivity contribution in [1.82, 2.24) is 0 Å². The van der Waals surface area contributed by atoms with Crippen LogP contribution in [0, 0.1) is 0 Å². The predicted octanol–water partition coefficient (Wildman–Crippen LogP) is 2.89. The number of nitrogen functional groups attached to an aromatic ring is 1. The van der Waals surface area contributed by atoms with E-state index < -0.39 is 0 Å². The lowest BCUT2D eigenvalue weighted by atomic mass is 10.1. The summed E-state index contributed by atoms with van der Waals surface area (Å²) in [4.78, 5) is 2.27. The van der Waals surface area contributed by atoms with Crippen molar-refractivity contribution in [3.63, 3.8) is 0 Å². The van der Waals surface area contributed by atoms with E-state index in [0.717, 1.165) is 24.2 Å². The Morgan fingerprint density at radius 2 is 1.79 bits per heavy atom. The molecule has 1 aromatic carbocycles. The second-order valence-corrected chi connectivity index (χ2v) is 3.64. The SMILES string of the molecule is CCC(CC)N(C)c1ccccc1N. The van der Waals surface area contributed by atoms with E-state index in [1.165, 1.54) is 0 Å². The molecule has 0 saturated carbocycles. The minimum atomic E-state index is 0.583. The molecule has 0 heterocycles. The fraction of sp³-hybridized carbons (Fsp3) is 0.500. The van der Waals surface area contributed by atoms with E-state index in [9.17, 15) is 0 Å². The molecule has 1 rings (SSSR count). The van der Waals surface area contributed by atoms with E-state index >= 15 is 0 Å². The van der Waals surface area contributed by atoms with Gasteiger partial charge in [-0.1, -0.05) is 26.0 Å². The molecule has 0 aliphatic heterocycles. The van der Waals surface area contributed by atoms with Crippen molar-refractivity contribution >= 4 is 11.4 Å². The van der Waals surface area contributed by atoms with Crippen molar-refractivity contribution in [2.24, 2.45) is 0 Å². The molecule has 0 bridgehead atoms. The Kier molecular flexibility index (Phi) is 3.81. The molecule has 0 aliphatic carbocycles. The summed E-state index contributed by atoms with van der Waals surface area (Å²) in [5.41, 5.74) is 7.93. The molecule has 0 fully saturated rings. The predicted molar refractivity (Wildman–Crippen MR) is 63.6 cm³/mol. The zero-order chi connectivity index (χ0) is 10.6. The second kappa shape index (κ2) is 4.89. The van der Waals surface area contributed by atoms with Crippen LogP contribution in [0.25, 0.3) is 0 Å². The number of benzene rings is 1. The molecule has 0 atom stereocenters. The number of hydrogen-bond donors (Lipinski definition) is 1. The van der Waals surface area contributed by atoms with Gasteiger partial charge < -0.3 is 10.6 Å². The van der Waals surface area contributed by atoms with Crippen molar-refractivity contribution < 1.29 is 0 Å². The van der Waals surface area contributed by atoms with Gasteiger partial charge in [0, 0.05) is 13.1 Å². The highest BCUT2D eigenvalue weighted by atomic mass is 15.1. The van der Waals surface area contributed by atoms with E-state index in [2.05, 4.69) is 31.9 Å². The first-order valence-electron chi connectivity index (χ1n) is 5.28. The monoisotopic (exact) mass is 192 g/mol. The molecule has 2 nitrogen and oxygen atoms in total. The van der Waals surface area contributed by atoms with Crippen LogP contribution in [-0.2, 0) is 0 Å². The molecular weight excluding hydrogens is 172 g/mol. The van der Waals surface area contributed by atoms with Gasteiger partial charge in [-0.3, -0.25) is 0 Å². The van der Waals surface area contributed by atoms with Gasteiger partial charge in [0.25, 0.3) is 0 Å². The van der Waals surface area contributed by atoms with Gasteiger partial charge in [-0.15, -0.1) is 0 Å². The summed E-state index contributed by atoms with van der Waals surface area (Å²) in [7, 11) is 2.11. The van der Waals surface area contributed by atoms with Gasteiger partial charge in [0.1, 0.15) is 0 Å². The summed E-state index contributed by atoms with van der Waals surface area (Å²) in [5, 5.41) is 0. The van der Waals surface area contributed by atoms with Crippen LogP contribution in [0.5, 0.6) is 0 Å². The van der Waals surface area contributed by atoms with E-state index in [0.29, 0.717) is 6.04 Å². The first-order chi connectivity index (χ1) is 6.70. The number of para-hydroxylation sites is 2. The van der Waals surface area contributed by atoms with Crippen LogP contribution in [0.2, 0.25) is 0 Å². The van der Waals surface area contributed by atoms with Crippen molar-refractivity contribution in [3.8, 4) is 0 Å². The van der Waals surface area contributed by atoms with Crippen molar-refractivity contribution in [2.75, 3.05) is 17.7 Å². The highest BCUT2D eigenvalue weighted by Gasteiger charge is 2.12.